The van der Waals surface area contributed by atoms with Gasteiger partial charge in [0.1, 0.15) is 11.6 Å². The van der Waals surface area contributed by atoms with Gasteiger partial charge in [0.15, 0.2) is 11.5 Å². The van der Waals surface area contributed by atoms with Gasteiger partial charge in [-0.25, -0.2) is 19.6 Å². The first-order valence-corrected chi connectivity index (χ1v) is 12.8. The summed E-state index contributed by atoms with van der Waals surface area (Å²) in [6.07, 6.45) is 7.14. The van der Waals surface area contributed by atoms with Gasteiger partial charge in [0.05, 0.1) is 51.9 Å². The number of nitrogens with one attached hydrogen (secondary N) is 4. The third kappa shape index (κ3) is 4.86. The summed E-state index contributed by atoms with van der Waals surface area (Å²) in [6, 6.07) is 3.63. The van der Waals surface area contributed by atoms with Crippen molar-refractivity contribution in [3.8, 4) is 11.3 Å². The zero-order chi connectivity index (χ0) is 26.4. The van der Waals surface area contributed by atoms with Crippen LogP contribution in [0.5, 0.6) is 0 Å². The Kier molecular flexibility index (Phi) is 6.54. The molecule has 198 valence electrons. The molecule has 4 aromatic heterocycles. The van der Waals surface area contributed by atoms with Crippen LogP contribution < -0.4 is 16.0 Å². The molecule has 0 unspecified atom stereocenters. The number of aromatic nitrogens is 7. The molecule has 0 amide bonds. The summed E-state index contributed by atoms with van der Waals surface area (Å²) in [6.45, 7) is 1.59. The van der Waals surface area contributed by atoms with Crippen molar-refractivity contribution in [3.63, 3.8) is 0 Å². The number of hydrogen-bond acceptors (Lipinski definition) is 7. The maximum Gasteiger partial charge on any atom is 0.333 e. The topological polar surface area (TPSA) is 113 Å². The molecule has 6 rings (SSSR count). The summed E-state index contributed by atoms with van der Waals surface area (Å²) < 4.78 is 28.8. The van der Waals surface area contributed by atoms with Crippen molar-refractivity contribution in [3.05, 3.63) is 52.8 Å². The van der Waals surface area contributed by atoms with Crippen LogP contribution in [0.1, 0.15) is 25.7 Å². The molecule has 1 fully saturated rings. The third-order valence-electron chi connectivity index (χ3n) is 6.51. The first-order chi connectivity index (χ1) is 18.3. The van der Waals surface area contributed by atoms with Crippen molar-refractivity contribution in [2.75, 3.05) is 23.7 Å². The molecular weight excluding hydrogens is 537 g/mol. The fraction of sp³-hybridized carbons (Fsp3) is 0.333. The van der Waals surface area contributed by atoms with Crippen molar-refractivity contribution in [1.82, 2.24) is 39.4 Å². The number of benzene rings is 1. The Hall–Kier alpha value is -3.48. The number of alkyl halides is 2. The Bertz CT molecular complexity index is 1570. The van der Waals surface area contributed by atoms with Gasteiger partial charge in [-0.1, -0.05) is 30.1 Å². The molecule has 2 atom stereocenters. The van der Waals surface area contributed by atoms with Crippen molar-refractivity contribution in [2.45, 2.75) is 32.5 Å². The zero-order valence-electron chi connectivity index (χ0n) is 20.2. The van der Waals surface area contributed by atoms with Crippen LogP contribution in [0.3, 0.4) is 0 Å². The van der Waals surface area contributed by atoms with Gasteiger partial charge in [-0.05, 0) is 31.0 Å². The van der Waals surface area contributed by atoms with Crippen LogP contribution in [-0.4, -0.2) is 53.2 Å². The summed E-state index contributed by atoms with van der Waals surface area (Å²) in [5, 5.41) is 14.9. The molecule has 0 spiro atoms. The Balaban J connectivity index is 1.35. The maximum atomic E-state index is 13.2. The average molecular weight is 561 g/mol. The Labute approximate surface area is 225 Å². The van der Waals surface area contributed by atoms with E-state index in [0.717, 1.165) is 25.0 Å². The second-order valence-electron chi connectivity index (χ2n) is 9.46. The van der Waals surface area contributed by atoms with E-state index in [0.29, 0.717) is 67.1 Å². The van der Waals surface area contributed by atoms with E-state index in [1.54, 1.807) is 18.3 Å². The van der Waals surface area contributed by atoms with Gasteiger partial charge >= 0.3 is 6.55 Å². The van der Waals surface area contributed by atoms with Gasteiger partial charge in [-0.15, -0.1) is 0 Å². The molecule has 10 nitrogen and oxygen atoms in total. The van der Waals surface area contributed by atoms with Crippen LogP contribution >= 0.6 is 23.2 Å². The number of nitrogens with zero attached hydrogens (tertiary/aromatic N) is 6. The summed E-state index contributed by atoms with van der Waals surface area (Å²) in [5.74, 6) is 2.33. The highest BCUT2D eigenvalue weighted by Gasteiger charge is 2.21. The minimum Gasteiger partial charge on any atom is -0.365 e. The monoisotopic (exact) mass is 560 g/mol. The average Bonchev–Trinajstić information content (AvgIpc) is 3.61. The Morgan fingerprint density at radius 1 is 1.13 bits per heavy atom. The Morgan fingerprint density at radius 3 is 2.76 bits per heavy atom. The van der Waals surface area contributed by atoms with Crippen molar-refractivity contribution >= 4 is 51.5 Å². The van der Waals surface area contributed by atoms with Gasteiger partial charge in [-0.3, -0.25) is 4.40 Å². The number of imidazole rings is 2. The number of piperidine rings is 1. The van der Waals surface area contributed by atoms with E-state index in [1.165, 1.54) is 12.4 Å². The summed E-state index contributed by atoms with van der Waals surface area (Å²) in [4.78, 5) is 17.2. The van der Waals surface area contributed by atoms with Crippen LogP contribution in [0.15, 0.2) is 36.9 Å². The molecule has 5 aromatic rings. The minimum absolute atomic E-state index is 0.190. The lowest BCUT2D eigenvalue weighted by atomic mass is 9.98. The number of hydrogen-bond donors (Lipinski definition) is 4. The van der Waals surface area contributed by atoms with Crippen LogP contribution in [0.2, 0.25) is 10.0 Å². The standard InChI is InChI=1S/C24H24Cl2F2N10/c1-12-2-14(7-29-5-12)33-21-11-37-19(13-6-32-38(10-13)24(27)28)8-31-23(37)22(36-21)30-9-20-34-17-3-15(25)16(26)4-18(17)35-20/h3-4,6,8,10-12,14,24,29,33H,2,5,7,9H2,1H3,(H,30,36)(H,34,35)/t12-,14+/m0/s1. The fourth-order valence-electron chi connectivity index (χ4n) is 4.75. The second-order valence-corrected chi connectivity index (χ2v) is 10.3. The summed E-state index contributed by atoms with van der Waals surface area (Å²) >= 11 is 12.3. The lowest BCUT2D eigenvalue weighted by molar-refractivity contribution is 0.0566. The van der Waals surface area contributed by atoms with Crippen LogP contribution in [-0.2, 0) is 6.54 Å². The van der Waals surface area contributed by atoms with Crippen LogP contribution in [0.4, 0.5) is 20.4 Å². The van der Waals surface area contributed by atoms with E-state index >= 15 is 0 Å². The smallest absolute Gasteiger partial charge is 0.333 e. The normalized spacial score (nSPS) is 18.1. The number of fused-ring (bicyclic) bond motifs is 2. The molecule has 1 aliphatic rings. The molecule has 4 N–H and O–H groups in total. The highest BCUT2D eigenvalue weighted by Crippen LogP contribution is 2.29. The van der Waals surface area contributed by atoms with Gasteiger partial charge in [0.2, 0.25) is 0 Å². The highest BCUT2D eigenvalue weighted by atomic mass is 35.5. The van der Waals surface area contributed by atoms with E-state index in [2.05, 4.69) is 42.9 Å². The molecule has 0 radical (unpaired) electrons. The number of anilines is 2. The largest absolute Gasteiger partial charge is 0.365 e. The van der Waals surface area contributed by atoms with Gasteiger partial charge < -0.3 is 20.9 Å². The fourth-order valence-corrected chi connectivity index (χ4v) is 5.07. The zero-order valence-corrected chi connectivity index (χ0v) is 21.7. The molecule has 1 saturated heterocycles. The number of aromatic amines is 1. The molecular formula is C24H24Cl2F2N10. The predicted molar refractivity (Wildman–Crippen MR) is 143 cm³/mol. The lowest BCUT2D eigenvalue weighted by Gasteiger charge is -2.29. The van der Waals surface area contributed by atoms with E-state index in [4.69, 9.17) is 28.2 Å². The first-order valence-electron chi connectivity index (χ1n) is 12.1. The summed E-state index contributed by atoms with van der Waals surface area (Å²) in [7, 11) is 0. The predicted octanol–water partition coefficient (Wildman–Crippen LogP) is 5.19. The summed E-state index contributed by atoms with van der Waals surface area (Å²) in [5.41, 5.74) is 3.13. The van der Waals surface area contributed by atoms with E-state index in [1.807, 2.05) is 10.6 Å². The first kappa shape index (κ1) is 24.8. The van der Waals surface area contributed by atoms with Crippen molar-refractivity contribution in [1.29, 1.82) is 0 Å². The molecule has 0 saturated carbocycles. The van der Waals surface area contributed by atoms with E-state index in [9.17, 15) is 8.78 Å². The van der Waals surface area contributed by atoms with Gasteiger partial charge in [0.25, 0.3) is 0 Å². The number of halogens is 4. The molecule has 5 heterocycles. The van der Waals surface area contributed by atoms with Crippen LogP contribution in [0.25, 0.3) is 27.9 Å². The van der Waals surface area contributed by atoms with Crippen molar-refractivity contribution < 1.29 is 8.78 Å². The Morgan fingerprint density at radius 2 is 1.97 bits per heavy atom. The molecule has 0 aliphatic carbocycles. The van der Waals surface area contributed by atoms with E-state index in [-0.39, 0.29) is 6.04 Å². The van der Waals surface area contributed by atoms with Gasteiger partial charge in [0, 0.05) is 24.3 Å². The number of rotatable bonds is 7. The highest BCUT2D eigenvalue weighted by molar-refractivity contribution is 6.42. The second kappa shape index (κ2) is 10.0. The number of H-pyrrole nitrogens is 1. The third-order valence-corrected chi connectivity index (χ3v) is 7.23. The molecule has 14 heteroatoms. The SMILES string of the molecule is C[C@@H]1CNC[C@H](Nc2cn3c(-c4cnn(C(F)F)c4)cnc3c(NCc3nc4cc(Cl)c(Cl)cc4[nH]3)n2)C1. The molecule has 1 aromatic carbocycles. The van der Waals surface area contributed by atoms with Gasteiger partial charge in [-0.2, -0.15) is 13.9 Å². The minimum atomic E-state index is -2.73. The lowest BCUT2D eigenvalue weighted by Crippen LogP contribution is -2.42. The van der Waals surface area contributed by atoms with E-state index < -0.39 is 6.55 Å². The molecule has 1 aliphatic heterocycles. The molecule has 38 heavy (non-hydrogen) atoms. The van der Waals surface area contributed by atoms with Crippen molar-refractivity contribution in [2.24, 2.45) is 5.92 Å². The van der Waals surface area contributed by atoms with Crippen LogP contribution in [0, 0.1) is 5.92 Å². The molecule has 0 bridgehead atoms. The maximum absolute atomic E-state index is 13.2. The quantitative estimate of drug-likeness (QED) is 0.216.